The molecule has 1 aromatic carbocycles. The van der Waals surface area contributed by atoms with Gasteiger partial charge in [0.25, 0.3) is 5.91 Å². The van der Waals surface area contributed by atoms with Crippen LogP contribution >= 0.6 is 11.6 Å². The van der Waals surface area contributed by atoms with Crippen molar-refractivity contribution in [2.45, 2.75) is 13.0 Å². The molecule has 0 saturated carbocycles. The van der Waals surface area contributed by atoms with Crippen LogP contribution in [0.3, 0.4) is 0 Å². The van der Waals surface area contributed by atoms with E-state index in [1.807, 2.05) is 6.92 Å². The minimum absolute atomic E-state index is 0.0208. The number of benzene rings is 1. The van der Waals surface area contributed by atoms with E-state index in [1.54, 1.807) is 46.2 Å². The molecule has 2 aromatic rings. The number of nitrogens with two attached hydrogens (primary N) is 1. The van der Waals surface area contributed by atoms with Crippen molar-refractivity contribution in [2.24, 2.45) is 0 Å². The zero-order chi connectivity index (χ0) is 17.3. The summed E-state index contributed by atoms with van der Waals surface area (Å²) in [4.78, 5) is 32.3. The first kappa shape index (κ1) is 16.3. The second-order valence-electron chi connectivity index (χ2n) is 5.73. The molecular weight excluding hydrogens is 328 g/mol. The van der Waals surface area contributed by atoms with Gasteiger partial charge in [0.2, 0.25) is 5.91 Å². The molecule has 0 spiro atoms. The Morgan fingerprint density at radius 3 is 2.58 bits per heavy atom. The lowest BCUT2D eigenvalue weighted by molar-refractivity contribution is -0.121. The second kappa shape index (κ2) is 6.49. The van der Waals surface area contributed by atoms with Gasteiger partial charge in [0.1, 0.15) is 12.4 Å². The van der Waals surface area contributed by atoms with E-state index in [9.17, 15) is 9.59 Å². The summed E-state index contributed by atoms with van der Waals surface area (Å²) < 4.78 is 0. The van der Waals surface area contributed by atoms with Crippen molar-refractivity contribution in [2.75, 3.05) is 23.7 Å². The third-order valence-electron chi connectivity index (χ3n) is 4.02. The molecular formula is C17H17ClN4O2. The lowest BCUT2D eigenvalue weighted by Crippen LogP contribution is -2.57. The summed E-state index contributed by atoms with van der Waals surface area (Å²) >= 11 is 5.89. The van der Waals surface area contributed by atoms with Gasteiger partial charge in [-0.25, -0.2) is 4.98 Å². The van der Waals surface area contributed by atoms with Crippen LogP contribution in [0.5, 0.6) is 0 Å². The highest BCUT2D eigenvalue weighted by molar-refractivity contribution is 6.30. The Hall–Kier alpha value is -2.60. The molecule has 1 aliphatic rings. The molecule has 6 nitrogen and oxygen atoms in total. The van der Waals surface area contributed by atoms with Gasteiger partial charge in [-0.15, -0.1) is 0 Å². The average Bonchev–Trinajstić information content (AvgIpc) is 2.57. The Labute approximate surface area is 144 Å². The first-order chi connectivity index (χ1) is 11.5. The molecule has 0 bridgehead atoms. The number of rotatable bonds is 2. The molecule has 1 aromatic heterocycles. The number of pyridine rings is 1. The number of hydrogen-bond acceptors (Lipinski definition) is 4. The highest BCUT2D eigenvalue weighted by atomic mass is 35.5. The van der Waals surface area contributed by atoms with Crippen molar-refractivity contribution in [3.63, 3.8) is 0 Å². The van der Waals surface area contributed by atoms with Crippen molar-refractivity contribution >= 4 is 34.9 Å². The van der Waals surface area contributed by atoms with Crippen molar-refractivity contribution in [3.05, 3.63) is 53.2 Å². The van der Waals surface area contributed by atoms with Crippen LogP contribution < -0.4 is 10.6 Å². The van der Waals surface area contributed by atoms with E-state index in [-0.39, 0.29) is 24.4 Å². The Kier molecular flexibility index (Phi) is 4.40. The monoisotopic (exact) mass is 344 g/mol. The molecule has 3 rings (SSSR count). The number of hydrogen-bond donors (Lipinski definition) is 1. The standard InChI is InChI=1S/C17H17ClN4O2/c1-11-9-22(14-5-3-13(18)4-6-14)16(23)10-21(11)17(24)12-2-7-15(19)20-8-12/h2-8,11H,9-10H2,1H3,(H2,19,20)/t11-/m0/s1. The Balaban J connectivity index is 1.77. The molecule has 1 aliphatic heterocycles. The first-order valence-corrected chi connectivity index (χ1v) is 7.92. The fourth-order valence-electron chi connectivity index (χ4n) is 2.69. The van der Waals surface area contributed by atoms with Gasteiger partial charge in [0.05, 0.1) is 5.56 Å². The maximum absolute atomic E-state index is 12.6. The van der Waals surface area contributed by atoms with Gasteiger partial charge in [0, 0.05) is 29.5 Å². The van der Waals surface area contributed by atoms with E-state index in [0.29, 0.717) is 22.9 Å². The van der Waals surface area contributed by atoms with Crippen LogP contribution in [0.15, 0.2) is 42.6 Å². The fourth-order valence-corrected chi connectivity index (χ4v) is 2.82. The van der Waals surface area contributed by atoms with Crippen molar-refractivity contribution in [3.8, 4) is 0 Å². The highest BCUT2D eigenvalue weighted by Crippen LogP contribution is 2.23. The van der Waals surface area contributed by atoms with E-state index in [2.05, 4.69) is 4.98 Å². The molecule has 1 atom stereocenters. The number of amides is 2. The van der Waals surface area contributed by atoms with Crippen LogP contribution in [0, 0.1) is 0 Å². The SMILES string of the molecule is C[C@H]1CN(c2ccc(Cl)cc2)C(=O)CN1C(=O)c1ccc(N)nc1. The number of aromatic nitrogens is 1. The predicted octanol–water partition coefficient (Wildman–Crippen LogP) is 2.19. The van der Waals surface area contributed by atoms with Crippen molar-refractivity contribution < 1.29 is 9.59 Å². The number of anilines is 2. The highest BCUT2D eigenvalue weighted by Gasteiger charge is 2.33. The quantitative estimate of drug-likeness (QED) is 0.905. The Morgan fingerprint density at radius 1 is 1.25 bits per heavy atom. The van der Waals surface area contributed by atoms with Crippen LogP contribution in [0.1, 0.15) is 17.3 Å². The fraction of sp³-hybridized carbons (Fsp3) is 0.235. The summed E-state index contributed by atoms with van der Waals surface area (Å²) in [7, 11) is 0. The van der Waals surface area contributed by atoms with Crippen LogP contribution in [0.2, 0.25) is 5.02 Å². The third kappa shape index (κ3) is 3.19. The smallest absolute Gasteiger partial charge is 0.256 e. The van der Waals surface area contributed by atoms with Crippen LogP contribution in [-0.4, -0.2) is 40.8 Å². The summed E-state index contributed by atoms with van der Waals surface area (Å²) in [6.45, 7) is 2.36. The second-order valence-corrected chi connectivity index (χ2v) is 6.17. The van der Waals surface area contributed by atoms with E-state index >= 15 is 0 Å². The number of carbonyl (C=O) groups excluding carboxylic acids is 2. The summed E-state index contributed by atoms with van der Waals surface area (Å²) in [6.07, 6.45) is 1.43. The zero-order valence-corrected chi connectivity index (χ0v) is 13.9. The maximum atomic E-state index is 12.6. The summed E-state index contributed by atoms with van der Waals surface area (Å²) in [5.74, 6) is -0.00508. The molecule has 0 radical (unpaired) electrons. The lowest BCUT2D eigenvalue weighted by Gasteiger charge is -2.39. The molecule has 2 heterocycles. The van der Waals surface area contributed by atoms with Gasteiger partial charge in [-0.1, -0.05) is 11.6 Å². The lowest BCUT2D eigenvalue weighted by atomic mass is 10.1. The molecule has 1 fully saturated rings. The van der Waals surface area contributed by atoms with Crippen LogP contribution in [-0.2, 0) is 4.79 Å². The molecule has 124 valence electrons. The van der Waals surface area contributed by atoms with Gasteiger partial charge < -0.3 is 15.5 Å². The maximum Gasteiger partial charge on any atom is 0.256 e. The third-order valence-corrected chi connectivity index (χ3v) is 4.27. The molecule has 0 aliphatic carbocycles. The first-order valence-electron chi connectivity index (χ1n) is 7.54. The zero-order valence-electron chi connectivity index (χ0n) is 13.1. The molecule has 1 saturated heterocycles. The minimum atomic E-state index is -0.223. The predicted molar refractivity (Wildman–Crippen MR) is 93.0 cm³/mol. The van der Waals surface area contributed by atoms with E-state index in [0.717, 1.165) is 5.69 Å². The number of carbonyl (C=O) groups is 2. The van der Waals surface area contributed by atoms with Gasteiger partial charge in [0.15, 0.2) is 0 Å². The largest absolute Gasteiger partial charge is 0.384 e. The van der Waals surface area contributed by atoms with Gasteiger partial charge >= 0.3 is 0 Å². The Morgan fingerprint density at radius 2 is 1.96 bits per heavy atom. The van der Waals surface area contributed by atoms with Gasteiger partial charge in [-0.05, 0) is 43.3 Å². The molecule has 24 heavy (non-hydrogen) atoms. The van der Waals surface area contributed by atoms with E-state index < -0.39 is 0 Å². The van der Waals surface area contributed by atoms with E-state index in [1.165, 1.54) is 6.20 Å². The van der Waals surface area contributed by atoms with Gasteiger partial charge in [-0.3, -0.25) is 9.59 Å². The number of piperazine rings is 1. The summed E-state index contributed by atoms with van der Waals surface area (Å²) in [6, 6.07) is 10.2. The van der Waals surface area contributed by atoms with Gasteiger partial charge in [-0.2, -0.15) is 0 Å². The van der Waals surface area contributed by atoms with Crippen molar-refractivity contribution in [1.82, 2.24) is 9.88 Å². The number of nitrogen functional groups attached to an aromatic ring is 1. The van der Waals surface area contributed by atoms with Crippen molar-refractivity contribution in [1.29, 1.82) is 0 Å². The number of halogens is 1. The molecule has 0 unspecified atom stereocenters. The topological polar surface area (TPSA) is 79.5 Å². The van der Waals surface area contributed by atoms with Crippen LogP contribution in [0.4, 0.5) is 11.5 Å². The summed E-state index contributed by atoms with van der Waals surface area (Å²) in [5.41, 5.74) is 6.74. The summed E-state index contributed by atoms with van der Waals surface area (Å²) in [5, 5.41) is 0.615. The normalized spacial score (nSPS) is 17.9. The molecule has 2 N–H and O–H groups in total. The minimum Gasteiger partial charge on any atom is -0.384 e. The molecule has 2 amide bonds. The molecule has 7 heteroatoms. The Bertz CT molecular complexity index is 761. The van der Waals surface area contributed by atoms with Crippen LogP contribution in [0.25, 0.3) is 0 Å². The average molecular weight is 345 g/mol. The number of nitrogens with zero attached hydrogens (tertiary/aromatic N) is 3. The van der Waals surface area contributed by atoms with E-state index in [4.69, 9.17) is 17.3 Å².